The summed E-state index contributed by atoms with van der Waals surface area (Å²) in [6, 6.07) is 9.09. The van der Waals surface area contributed by atoms with Crippen LogP contribution in [0.3, 0.4) is 0 Å². The molecule has 0 saturated carbocycles. The van der Waals surface area contributed by atoms with Crippen molar-refractivity contribution in [2.45, 2.75) is 32.5 Å². The van der Waals surface area contributed by atoms with Crippen molar-refractivity contribution in [2.24, 2.45) is 5.41 Å². The van der Waals surface area contributed by atoms with E-state index in [1.807, 2.05) is 30.3 Å². The third-order valence-electron chi connectivity index (χ3n) is 4.83. The van der Waals surface area contributed by atoms with E-state index in [4.69, 9.17) is 5.11 Å². The maximum absolute atomic E-state index is 13.2. The highest BCUT2D eigenvalue weighted by Crippen LogP contribution is 2.45. The van der Waals surface area contributed by atoms with E-state index in [1.54, 1.807) is 0 Å². The summed E-state index contributed by atoms with van der Waals surface area (Å²) in [7, 11) is 0. The molecular weight excluding hydrogens is 365 g/mol. The van der Waals surface area contributed by atoms with E-state index in [2.05, 4.69) is 0 Å². The number of carbonyl (C=O) groups excluding carboxylic acids is 2. The summed E-state index contributed by atoms with van der Waals surface area (Å²) in [4.78, 5) is 37.6. The summed E-state index contributed by atoms with van der Waals surface area (Å²) in [6.45, 7) is 0.506. The highest BCUT2D eigenvalue weighted by molar-refractivity contribution is 5.82. The van der Waals surface area contributed by atoms with Gasteiger partial charge in [-0.1, -0.05) is 30.3 Å². The van der Waals surface area contributed by atoms with Crippen LogP contribution in [0.1, 0.15) is 25.3 Å². The van der Waals surface area contributed by atoms with E-state index >= 15 is 0 Å². The molecule has 2 rings (SSSR count). The lowest BCUT2D eigenvalue weighted by Crippen LogP contribution is -2.48. The Bertz CT molecular complexity index is 708. The molecule has 148 valence electrons. The molecule has 0 radical (unpaired) electrons. The second-order valence-corrected chi connectivity index (χ2v) is 6.63. The number of carboxylic acids is 1. The van der Waals surface area contributed by atoms with Gasteiger partial charge in [-0.15, -0.1) is 0 Å². The van der Waals surface area contributed by atoms with Gasteiger partial charge in [-0.2, -0.15) is 13.2 Å². The number of benzene rings is 1. The van der Waals surface area contributed by atoms with E-state index in [0.717, 1.165) is 10.5 Å². The zero-order chi connectivity index (χ0) is 20.2. The largest absolute Gasteiger partial charge is 0.481 e. The molecule has 27 heavy (non-hydrogen) atoms. The van der Waals surface area contributed by atoms with Crippen LogP contribution in [0.15, 0.2) is 30.3 Å². The first-order chi connectivity index (χ1) is 12.6. The molecule has 1 aromatic carbocycles. The first kappa shape index (κ1) is 20.7. The Morgan fingerprint density at radius 3 is 2.33 bits per heavy atom. The monoisotopic (exact) mass is 386 g/mol. The summed E-state index contributed by atoms with van der Waals surface area (Å²) >= 11 is 0. The summed E-state index contributed by atoms with van der Waals surface area (Å²) in [5.74, 6) is -2.83. The van der Waals surface area contributed by atoms with Gasteiger partial charge in [-0.25, -0.2) is 0 Å². The van der Waals surface area contributed by atoms with E-state index < -0.39 is 36.4 Å². The molecule has 6 nitrogen and oxygen atoms in total. The van der Waals surface area contributed by atoms with Crippen molar-refractivity contribution < 1.29 is 32.7 Å². The van der Waals surface area contributed by atoms with Crippen molar-refractivity contribution in [1.82, 2.24) is 9.80 Å². The minimum atomic E-state index is -4.94. The Morgan fingerprint density at radius 1 is 1.22 bits per heavy atom. The number of carboxylic acid groups (broad SMARTS) is 1. The fourth-order valence-electron chi connectivity index (χ4n) is 3.09. The fraction of sp³-hybridized carbons (Fsp3) is 0.500. The van der Waals surface area contributed by atoms with Crippen molar-refractivity contribution in [2.75, 3.05) is 19.6 Å². The molecule has 1 fully saturated rings. The number of amides is 2. The zero-order valence-electron chi connectivity index (χ0n) is 14.8. The second kappa shape index (κ2) is 7.98. The average Bonchev–Trinajstić information content (AvgIpc) is 3.06. The van der Waals surface area contributed by atoms with Gasteiger partial charge < -0.3 is 14.9 Å². The number of hydrogen-bond acceptors (Lipinski definition) is 3. The minimum Gasteiger partial charge on any atom is -0.481 e. The Kier molecular flexibility index (Phi) is 6.12. The predicted molar refractivity (Wildman–Crippen MR) is 89.5 cm³/mol. The van der Waals surface area contributed by atoms with Gasteiger partial charge in [0, 0.05) is 39.5 Å². The van der Waals surface area contributed by atoms with E-state index in [9.17, 15) is 27.6 Å². The fourth-order valence-corrected chi connectivity index (χ4v) is 3.09. The Labute approximate surface area is 154 Å². The Balaban J connectivity index is 1.98. The van der Waals surface area contributed by atoms with Crippen molar-refractivity contribution >= 4 is 17.8 Å². The number of alkyl halides is 3. The van der Waals surface area contributed by atoms with Gasteiger partial charge in [0.2, 0.25) is 11.8 Å². The SMILES string of the molecule is CC(=O)N(CCC(=O)N1CCC(C(=O)O)(C(F)(F)F)C1)Cc1ccccc1. The lowest BCUT2D eigenvalue weighted by molar-refractivity contribution is -0.227. The molecule has 1 N–H and O–H groups in total. The van der Waals surface area contributed by atoms with Crippen LogP contribution in [0.25, 0.3) is 0 Å². The molecule has 1 aliphatic heterocycles. The molecule has 2 amide bonds. The van der Waals surface area contributed by atoms with Crippen LogP contribution >= 0.6 is 0 Å². The highest BCUT2D eigenvalue weighted by Gasteiger charge is 2.64. The summed E-state index contributed by atoms with van der Waals surface area (Å²) < 4.78 is 39.6. The van der Waals surface area contributed by atoms with Crippen molar-refractivity contribution in [3.05, 3.63) is 35.9 Å². The van der Waals surface area contributed by atoms with E-state index in [1.165, 1.54) is 11.8 Å². The Hall–Kier alpha value is -2.58. The lowest BCUT2D eigenvalue weighted by atomic mass is 9.86. The van der Waals surface area contributed by atoms with Crippen LogP contribution < -0.4 is 0 Å². The van der Waals surface area contributed by atoms with Gasteiger partial charge >= 0.3 is 12.1 Å². The number of likely N-dealkylation sites (tertiary alicyclic amines) is 1. The number of rotatable bonds is 6. The van der Waals surface area contributed by atoms with Gasteiger partial charge in [0.15, 0.2) is 5.41 Å². The standard InChI is InChI=1S/C18H21F3N2O4/c1-13(24)22(11-14-5-3-2-4-6-14)9-7-15(25)23-10-8-17(12-23,16(26)27)18(19,20)21/h2-6H,7-12H2,1H3,(H,26,27). The molecule has 1 atom stereocenters. The second-order valence-electron chi connectivity index (χ2n) is 6.63. The number of aliphatic carboxylic acids is 1. The van der Waals surface area contributed by atoms with Gasteiger partial charge in [0.1, 0.15) is 0 Å². The number of carbonyl (C=O) groups is 3. The topological polar surface area (TPSA) is 77.9 Å². The van der Waals surface area contributed by atoms with Gasteiger partial charge in [0.05, 0.1) is 0 Å². The Morgan fingerprint density at radius 2 is 1.85 bits per heavy atom. The zero-order valence-corrected chi connectivity index (χ0v) is 14.8. The molecule has 0 aromatic heterocycles. The quantitative estimate of drug-likeness (QED) is 0.814. The number of nitrogens with zero attached hydrogens (tertiary/aromatic N) is 2. The predicted octanol–water partition coefficient (Wildman–Crippen LogP) is 2.29. The molecule has 0 aliphatic carbocycles. The minimum absolute atomic E-state index is 0.0473. The van der Waals surface area contributed by atoms with Crippen LogP contribution in [0.2, 0.25) is 0 Å². The molecule has 1 aromatic rings. The van der Waals surface area contributed by atoms with E-state index in [0.29, 0.717) is 0 Å². The lowest BCUT2D eigenvalue weighted by Gasteiger charge is -2.27. The molecule has 1 aliphatic rings. The maximum Gasteiger partial charge on any atom is 0.406 e. The van der Waals surface area contributed by atoms with Crippen molar-refractivity contribution in [3.8, 4) is 0 Å². The maximum atomic E-state index is 13.2. The third kappa shape index (κ3) is 4.58. The normalized spacial score (nSPS) is 19.8. The molecule has 1 unspecified atom stereocenters. The van der Waals surface area contributed by atoms with Crippen LogP contribution in [0, 0.1) is 5.41 Å². The van der Waals surface area contributed by atoms with Crippen molar-refractivity contribution in [3.63, 3.8) is 0 Å². The van der Waals surface area contributed by atoms with Crippen LogP contribution in [0.5, 0.6) is 0 Å². The number of hydrogen-bond donors (Lipinski definition) is 1. The first-order valence-electron chi connectivity index (χ1n) is 8.44. The van der Waals surface area contributed by atoms with Crippen LogP contribution in [0.4, 0.5) is 13.2 Å². The van der Waals surface area contributed by atoms with Gasteiger partial charge in [-0.3, -0.25) is 14.4 Å². The molecule has 9 heteroatoms. The first-order valence-corrected chi connectivity index (χ1v) is 8.44. The van der Waals surface area contributed by atoms with Crippen LogP contribution in [-0.4, -0.2) is 58.5 Å². The highest BCUT2D eigenvalue weighted by atomic mass is 19.4. The number of halogens is 3. The molecular formula is C18H21F3N2O4. The van der Waals surface area contributed by atoms with Gasteiger partial charge in [0.25, 0.3) is 0 Å². The molecule has 1 saturated heterocycles. The summed E-state index contributed by atoms with van der Waals surface area (Å²) in [6.07, 6.45) is -5.77. The third-order valence-corrected chi connectivity index (χ3v) is 4.83. The average molecular weight is 386 g/mol. The molecule has 0 bridgehead atoms. The van der Waals surface area contributed by atoms with E-state index in [-0.39, 0.29) is 32.0 Å². The van der Waals surface area contributed by atoms with Crippen molar-refractivity contribution in [1.29, 1.82) is 0 Å². The smallest absolute Gasteiger partial charge is 0.406 e. The summed E-state index contributed by atoms with van der Waals surface area (Å²) in [5, 5.41) is 9.04. The van der Waals surface area contributed by atoms with Gasteiger partial charge in [-0.05, 0) is 12.0 Å². The summed E-state index contributed by atoms with van der Waals surface area (Å²) in [5.41, 5.74) is -2.06. The molecule has 1 heterocycles. The molecule has 0 spiro atoms. The van der Waals surface area contributed by atoms with Crippen LogP contribution in [-0.2, 0) is 20.9 Å².